The summed E-state index contributed by atoms with van der Waals surface area (Å²) in [7, 11) is 0. The Kier molecular flexibility index (Phi) is 5.28. The van der Waals surface area contributed by atoms with Gasteiger partial charge in [0.25, 0.3) is 5.91 Å². The van der Waals surface area contributed by atoms with Crippen LogP contribution in [0.4, 0.5) is 11.4 Å². The lowest BCUT2D eigenvalue weighted by Gasteiger charge is -2.36. The number of aromatic nitrogens is 1. The highest BCUT2D eigenvalue weighted by Gasteiger charge is 2.23. The van der Waals surface area contributed by atoms with Gasteiger partial charge in [-0.25, -0.2) is 0 Å². The first-order chi connectivity index (χ1) is 13.2. The Bertz CT molecular complexity index is 792. The van der Waals surface area contributed by atoms with Crippen LogP contribution < -0.4 is 10.2 Å². The van der Waals surface area contributed by atoms with Crippen LogP contribution in [0.25, 0.3) is 0 Å². The number of aryl methyl sites for hydroxylation is 1. The number of anilines is 2. The van der Waals surface area contributed by atoms with Crippen molar-refractivity contribution in [1.82, 2.24) is 9.88 Å². The van der Waals surface area contributed by atoms with E-state index in [9.17, 15) is 4.79 Å². The summed E-state index contributed by atoms with van der Waals surface area (Å²) in [5.74, 6) is 0.0847. The van der Waals surface area contributed by atoms with E-state index in [2.05, 4.69) is 46.4 Å². The Hall–Kier alpha value is -2.56. The summed E-state index contributed by atoms with van der Waals surface area (Å²) in [5, 5.41) is 3.53. The third kappa shape index (κ3) is 4.24. The van der Waals surface area contributed by atoms with Gasteiger partial charge in [-0.15, -0.1) is 0 Å². The average molecular weight is 364 g/mol. The van der Waals surface area contributed by atoms with Crippen molar-refractivity contribution >= 4 is 17.3 Å². The third-order valence-corrected chi connectivity index (χ3v) is 5.64. The Morgan fingerprint density at radius 3 is 2.59 bits per heavy atom. The van der Waals surface area contributed by atoms with E-state index in [-0.39, 0.29) is 5.91 Å². The molecule has 1 aliphatic carbocycles. The van der Waals surface area contributed by atoms with E-state index in [0.29, 0.717) is 11.6 Å². The van der Waals surface area contributed by atoms with Crippen molar-refractivity contribution in [3.8, 4) is 0 Å². The second-order valence-corrected chi connectivity index (χ2v) is 7.71. The summed E-state index contributed by atoms with van der Waals surface area (Å²) >= 11 is 0. The van der Waals surface area contributed by atoms with Crippen molar-refractivity contribution in [1.29, 1.82) is 0 Å². The number of hydrogen-bond donors (Lipinski definition) is 1. The molecular weight excluding hydrogens is 336 g/mol. The zero-order chi connectivity index (χ0) is 18.6. The molecule has 142 valence electrons. The number of pyridine rings is 1. The number of hydrogen-bond acceptors (Lipinski definition) is 4. The van der Waals surface area contributed by atoms with Crippen molar-refractivity contribution in [2.24, 2.45) is 0 Å². The first-order valence-electron chi connectivity index (χ1n) is 10.0. The molecule has 0 spiro atoms. The number of nitrogens with one attached hydrogen (secondary N) is 1. The number of benzene rings is 1. The van der Waals surface area contributed by atoms with Crippen LogP contribution in [0.3, 0.4) is 0 Å². The van der Waals surface area contributed by atoms with Crippen LogP contribution in [0.15, 0.2) is 42.7 Å². The van der Waals surface area contributed by atoms with Gasteiger partial charge in [0.1, 0.15) is 0 Å². The average Bonchev–Trinajstić information content (AvgIpc) is 3.21. The maximum Gasteiger partial charge on any atom is 0.255 e. The Balaban J connectivity index is 1.37. The van der Waals surface area contributed by atoms with Gasteiger partial charge >= 0.3 is 0 Å². The fraction of sp³-hybridized carbons (Fsp3) is 0.455. The quantitative estimate of drug-likeness (QED) is 0.899. The largest absolute Gasteiger partial charge is 0.381 e. The van der Waals surface area contributed by atoms with Crippen LogP contribution in [-0.4, -0.2) is 48.0 Å². The molecule has 1 aromatic carbocycles. The number of rotatable bonds is 4. The summed E-state index contributed by atoms with van der Waals surface area (Å²) in [6.45, 7) is 5.33. The number of piperazine rings is 1. The van der Waals surface area contributed by atoms with Crippen molar-refractivity contribution in [2.75, 3.05) is 36.4 Å². The molecule has 1 saturated carbocycles. The molecule has 2 fully saturated rings. The highest BCUT2D eigenvalue weighted by atomic mass is 16.2. The first kappa shape index (κ1) is 17.8. The molecule has 2 heterocycles. The molecule has 0 radical (unpaired) electrons. The maximum atomic E-state index is 12.9. The van der Waals surface area contributed by atoms with Crippen LogP contribution in [0.5, 0.6) is 0 Å². The van der Waals surface area contributed by atoms with Crippen LogP contribution in [-0.2, 0) is 0 Å². The first-order valence-corrected chi connectivity index (χ1v) is 10.0. The van der Waals surface area contributed by atoms with Crippen LogP contribution in [0, 0.1) is 6.92 Å². The smallest absolute Gasteiger partial charge is 0.255 e. The SMILES string of the molecule is Cc1cccc(N2CCN(C(=O)c3cncc(NC4CCCC4)c3)CC2)c1. The molecule has 0 atom stereocenters. The number of amides is 1. The van der Waals surface area contributed by atoms with Crippen LogP contribution >= 0.6 is 0 Å². The number of carbonyl (C=O) groups is 1. The molecule has 1 N–H and O–H groups in total. The molecule has 2 aliphatic rings. The molecule has 5 nitrogen and oxygen atoms in total. The predicted molar refractivity (Wildman–Crippen MR) is 109 cm³/mol. The fourth-order valence-corrected chi connectivity index (χ4v) is 4.12. The topological polar surface area (TPSA) is 48.5 Å². The Morgan fingerprint density at radius 1 is 1.07 bits per heavy atom. The molecule has 1 amide bonds. The highest BCUT2D eigenvalue weighted by Crippen LogP contribution is 2.23. The molecule has 1 saturated heterocycles. The van der Waals surface area contributed by atoms with Gasteiger partial charge in [-0.1, -0.05) is 25.0 Å². The van der Waals surface area contributed by atoms with Gasteiger partial charge in [-0.3, -0.25) is 9.78 Å². The summed E-state index contributed by atoms with van der Waals surface area (Å²) in [6, 6.07) is 11.0. The van der Waals surface area contributed by atoms with Crippen molar-refractivity contribution in [3.05, 3.63) is 53.9 Å². The molecule has 0 unspecified atom stereocenters. The Morgan fingerprint density at radius 2 is 1.85 bits per heavy atom. The van der Waals surface area contributed by atoms with Gasteiger partial charge in [0.05, 0.1) is 11.3 Å². The number of nitrogens with zero attached hydrogens (tertiary/aromatic N) is 3. The summed E-state index contributed by atoms with van der Waals surface area (Å²) in [6.07, 6.45) is 8.50. The molecule has 1 aliphatic heterocycles. The second-order valence-electron chi connectivity index (χ2n) is 7.71. The Labute approximate surface area is 161 Å². The zero-order valence-corrected chi connectivity index (χ0v) is 16.0. The van der Waals surface area contributed by atoms with Crippen LogP contribution in [0.2, 0.25) is 0 Å². The molecular formula is C22H28N4O. The van der Waals surface area contributed by atoms with E-state index in [4.69, 9.17) is 0 Å². The van der Waals surface area contributed by atoms with E-state index in [1.54, 1.807) is 6.20 Å². The molecule has 4 rings (SSSR count). The van der Waals surface area contributed by atoms with E-state index in [1.165, 1.54) is 36.9 Å². The van der Waals surface area contributed by atoms with Gasteiger partial charge in [-0.05, 0) is 43.5 Å². The van der Waals surface area contributed by atoms with Gasteiger partial charge in [0, 0.05) is 50.3 Å². The summed E-state index contributed by atoms with van der Waals surface area (Å²) < 4.78 is 0. The van der Waals surface area contributed by atoms with Gasteiger partial charge < -0.3 is 15.1 Å². The van der Waals surface area contributed by atoms with Gasteiger partial charge in [0.15, 0.2) is 0 Å². The van der Waals surface area contributed by atoms with E-state index >= 15 is 0 Å². The molecule has 0 bridgehead atoms. The van der Waals surface area contributed by atoms with E-state index in [1.807, 2.05) is 17.2 Å². The van der Waals surface area contributed by atoms with Gasteiger partial charge in [0.2, 0.25) is 0 Å². The summed E-state index contributed by atoms with van der Waals surface area (Å²) in [5.41, 5.74) is 4.16. The molecule has 27 heavy (non-hydrogen) atoms. The normalized spacial score (nSPS) is 18.0. The third-order valence-electron chi connectivity index (χ3n) is 5.64. The van der Waals surface area contributed by atoms with E-state index in [0.717, 1.165) is 31.9 Å². The van der Waals surface area contributed by atoms with Crippen LogP contribution in [0.1, 0.15) is 41.6 Å². The lowest BCUT2D eigenvalue weighted by Crippen LogP contribution is -2.48. The van der Waals surface area contributed by atoms with Crippen molar-refractivity contribution in [3.63, 3.8) is 0 Å². The second kappa shape index (κ2) is 7.99. The molecule has 2 aromatic rings. The molecule has 1 aromatic heterocycles. The predicted octanol–water partition coefficient (Wildman–Crippen LogP) is 3.71. The minimum absolute atomic E-state index is 0.0847. The van der Waals surface area contributed by atoms with E-state index < -0.39 is 0 Å². The monoisotopic (exact) mass is 364 g/mol. The zero-order valence-electron chi connectivity index (χ0n) is 16.0. The number of carbonyl (C=O) groups excluding carboxylic acids is 1. The highest BCUT2D eigenvalue weighted by molar-refractivity contribution is 5.95. The minimum atomic E-state index is 0.0847. The fourth-order valence-electron chi connectivity index (χ4n) is 4.12. The lowest BCUT2D eigenvalue weighted by atomic mass is 10.1. The minimum Gasteiger partial charge on any atom is -0.381 e. The van der Waals surface area contributed by atoms with Crippen molar-refractivity contribution in [2.45, 2.75) is 38.6 Å². The lowest BCUT2D eigenvalue weighted by molar-refractivity contribution is 0.0746. The molecule has 5 heteroatoms. The maximum absolute atomic E-state index is 12.9. The summed E-state index contributed by atoms with van der Waals surface area (Å²) in [4.78, 5) is 21.5. The van der Waals surface area contributed by atoms with Gasteiger partial charge in [-0.2, -0.15) is 0 Å². The standard InChI is InChI=1S/C22H28N4O/c1-17-5-4-8-21(13-17)25-9-11-26(12-10-25)22(27)18-14-20(16-23-15-18)24-19-6-2-3-7-19/h4-5,8,13-16,19,24H,2-3,6-7,9-12H2,1H3. The van der Waals surface area contributed by atoms with Crippen molar-refractivity contribution < 1.29 is 4.79 Å².